The summed E-state index contributed by atoms with van der Waals surface area (Å²) in [4.78, 5) is 60.1. The number of nitrogens with zero attached hydrogens (tertiary/aromatic N) is 1. The minimum atomic E-state index is -1.28. The van der Waals surface area contributed by atoms with Gasteiger partial charge in [0.2, 0.25) is 5.91 Å². The van der Waals surface area contributed by atoms with Crippen LogP contribution in [0.4, 0.5) is 0 Å². The van der Waals surface area contributed by atoms with Crippen LogP contribution in [0.5, 0.6) is 0 Å². The molecule has 0 radical (unpaired) electrons. The maximum atomic E-state index is 11.9. The number of esters is 4. The van der Waals surface area contributed by atoms with Gasteiger partial charge in [-0.05, 0) is 12.8 Å². The van der Waals surface area contributed by atoms with E-state index >= 15 is 0 Å². The molecule has 1 amide bonds. The Bertz CT molecular complexity index is 726. The summed E-state index contributed by atoms with van der Waals surface area (Å²) in [6.45, 7) is 6.76. The molecule has 1 heterocycles. The Morgan fingerprint density at radius 1 is 0.824 bits per heavy atom. The average Bonchev–Trinajstić information content (AvgIpc) is 2.72. The fourth-order valence-electron chi connectivity index (χ4n) is 3.35. The highest BCUT2D eigenvalue weighted by Crippen LogP contribution is 2.30. The van der Waals surface area contributed by atoms with Crippen LogP contribution >= 0.6 is 0 Å². The second kappa shape index (κ2) is 14.5. The molecule has 0 N–H and O–H groups in total. The monoisotopic (exact) mass is 489 g/mol. The molecule has 12 nitrogen and oxygen atoms in total. The van der Waals surface area contributed by atoms with E-state index in [1.54, 1.807) is 11.9 Å². The first-order valence-electron chi connectivity index (χ1n) is 11.1. The minimum Gasteiger partial charge on any atom is -0.463 e. The molecule has 1 aliphatic heterocycles. The van der Waals surface area contributed by atoms with Gasteiger partial charge in [-0.2, -0.15) is 0 Å². The van der Waals surface area contributed by atoms with Crippen LogP contribution < -0.4 is 0 Å². The Morgan fingerprint density at radius 2 is 1.38 bits per heavy atom. The van der Waals surface area contributed by atoms with E-state index in [2.05, 4.69) is 0 Å². The van der Waals surface area contributed by atoms with Gasteiger partial charge in [0.1, 0.15) is 12.7 Å². The quantitative estimate of drug-likeness (QED) is 0.217. The second-order valence-corrected chi connectivity index (χ2v) is 7.86. The van der Waals surface area contributed by atoms with Gasteiger partial charge >= 0.3 is 23.9 Å². The Morgan fingerprint density at radius 3 is 1.91 bits per heavy atom. The molecule has 1 fully saturated rings. The summed E-state index contributed by atoms with van der Waals surface area (Å²) >= 11 is 0. The van der Waals surface area contributed by atoms with Gasteiger partial charge in [0.15, 0.2) is 24.6 Å². The predicted molar refractivity (Wildman–Crippen MR) is 115 cm³/mol. The van der Waals surface area contributed by atoms with Gasteiger partial charge in [0, 0.05) is 47.7 Å². The molecule has 0 aliphatic carbocycles. The molecule has 0 unspecified atom stereocenters. The Labute approximate surface area is 199 Å². The molecule has 0 spiro atoms. The molecule has 34 heavy (non-hydrogen) atoms. The second-order valence-electron chi connectivity index (χ2n) is 7.86. The van der Waals surface area contributed by atoms with Gasteiger partial charge in [-0.15, -0.1) is 0 Å². The molecule has 194 valence electrons. The summed E-state index contributed by atoms with van der Waals surface area (Å²) < 4.78 is 32.6. The van der Waals surface area contributed by atoms with Crippen molar-refractivity contribution < 1.29 is 52.4 Å². The first-order chi connectivity index (χ1) is 16.0. The summed E-state index contributed by atoms with van der Waals surface area (Å²) in [5.74, 6) is -2.73. The third kappa shape index (κ3) is 10.0. The number of hydrogen-bond acceptors (Lipinski definition) is 11. The van der Waals surface area contributed by atoms with Crippen LogP contribution in [-0.2, 0) is 52.4 Å². The van der Waals surface area contributed by atoms with Crippen molar-refractivity contribution in [1.82, 2.24) is 4.90 Å². The van der Waals surface area contributed by atoms with Crippen molar-refractivity contribution in [1.29, 1.82) is 0 Å². The zero-order valence-corrected chi connectivity index (χ0v) is 20.6. The molecule has 1 saturated heterocycles. The fraction of sp³-hybridized carbons (Fsp3) is 0.773. The van der Waals surface area contributed by atoms with E-state index in [4.69, 9.17) is 28.4 Å². The molecular weight excluding hydrogens is 454 g/mol. The molecule has 0 aromatic carbocycles. The lowest BCUT2D eigenvalue weighted by Crippen LogP contribution is -2.63. The fourth-order valence-corrected chi connectivity index (χ4v) is 3.35. The summed E-state index contributed by atoms with van der Waals surface area (Å²) in [6.07, 6.45) is -4.44. The highest BCUT2D eigenvalue weighted by atomic mass is 16.7. The number of hydrogen-bond donors (Lipinski definition) is 0. The van der Waals surface area contributed by atoms with Crippen LogP contribution in [0, 0.1) is 0 Å². The zero-order chi connectivity index (χ0) is 25.8. The number of rotatable bonds is 12. The highest BCUT2D eigenvalue weighted by Gasteiger charge is 2.52. The lowest BCUT2D eigenvalue weighted by atomic mass is 9.98. The lowest BCUT2D eigenvalue weighted by Gasteiger charge is -2.44. The van der Waals surface area contributed by atoms with Crippen LogP contribution in [0.15, 0.2) is 0 Å². The van der Waals surface area contributed by atoms with E-state index in [1.807, 2.05) is 6.92 Å². The molecule has 12 heteroatoms. The highest BCUT2D eigenvalue weighted by molar-refractivity contribution is 5.75. The normalized spacial score (nSPS) is 24.0. The summed E-state index contributed by atoms with van der Waals surface area (Å²) in [6, 6.07) is 0. The number of ether oxygens (including phenoxy) is 6. The van der Waals surface area contributed by atoms with Gasteiger partial charge in [-0.3, -0.25) is 24.0 Å². The van der Waals surface area contributed by atoms with Crippen LogP contribution in [0.2, 0.25) is 0 Å². The van der Waals surface area contributed by atoms with Crippen LogP contribution in [0.1, 0.15) is 53.9 Å². The van der Waals surface area contributed by atoms with Gasteiger partial charge < -0.3 is 33.3 Å². The molecule has 0 saturated carbocycles. The smallest absolute Gasteiger partial charge is 0.303 e. The zero-order valence-electron chi connectivity index (χ0n) is 20.6. The molecular formula is C22H35NO11. The Balaban J connectivity index is 3.06. The van der Waals surface area contributed by atoms with Gasteiger partial charge in [-0.1, -0.05) is 6.92 Å². The average molecular weight is 490 g/mol. The van der Waals surface area contributed by atoms with E-state index in [0.717, 1.165) is 27.2 Å². The summed E-state index contributed by atoms with van der Waals surface area (Å²) in [7, 11) is 1.69. The molecule has 0 aromatic heterocycles. The topological polar surface area (TPSA) is 144 Å². The molecule has 5 atom stereocenters. The minimum absolute atomic E-state index is 0.00907. The van der Waals surface area contributed by atoms with Crippen molar-refractivity contribution in [2.45, 2.75) is 84.6 Å². The van der Waals surface area contributed by atoms with Crippen molar-refractivity contribution >= 4 is 29.8 Å². The van der Waals surface area contributed by atoms with Crippen molar-refractivity contribution in [2.24, 2.45) is 0 Å². The third-order valence-electron chi connectivity index (χ3n) is 4.76. The maximum Gasteiger partial charge on any atom is 0.303 e. The van der Waals surface area contributed by atoms with E-state index in [-0.39, 0.29) is 19.1 Å². The predicted octanol–water partition coefficient (Wildman–Crippen LogP) is 0.735. The third-order valence-corrected chi connectivity index (χ3v) is 4.76. The van der Waals surface area contributed by atoms with E-state index in [0.29, 0.717) is 19.4 Å². The molecule has 1 rings (SSSR count). The summed E-state index contributed by atoms with van der Waals surface area (Å²) in [5.41, 5.74) is 0. The van der Waals surface area contributed by atoms with Crippen molar-refractivity contribution in [2.75, 3.05) is 26.8 Å². The SMILES string of the molecule is CCCC(=O)N(C)CCCO[C@@H]1O[C@H](COC(C)=O)[C@@H](OC(C)=O)[C@H](OC(C)=O)[C@H]1OC(C)=O. The Kier molecular flexibility index (Phi) is 12.5. The Hall–Kier alpha value is -2.73. The van der Waals surface area contributed by atoms with E-state index < -0.39 is 54.6 Å². The number of carbonyl (C=O) groups is 5. The number of carbonyl (C=O) groups excluding carboxylic acids is 5. The summed E-state index contributed by atoms with van der Waals surface area (Å²) in [5, 5.41) is 0. The lowest BCUT2D eigenvalue weighted by molar-refractivity contribution is -0.308. The maximum absolute atomic E-state index is 11.9. The number of amides is 1. The van der Waals surface area contributed by atoms with Crippen LogP contribution in [-0.4, -0.2) is 92.2 Å². The van der Waals surface area contributed by atoms with Gasteiger partial charge in [0.05, 0.1) is 6.61 Å². The van der Waals surface area contributed by atoms with Crippen molar-refractivity contribution in [3.63, 3.8) is 0 Å². The van der Waals surface area contributed by atoms with Gasteiger partial charge in [-0.25, -0.2) is 0 Å². The molecule has 0 aromatic rings. The van der Waals surface area contributed by atoms with E-state index in [9.17, 15) is 24.0 Å². The molecule has 1 aliphatic rings. The molecule has 0 bridgehead atoms. The largest absolute Gasteiger partial charge is 0.463 e. The first-order valence-corrected chi connectivity index (χ1v) is 11.1. The van der Waals surface area contributed by atoms with Crippen LogP contribution in [0.25, 0.3) is 0 Å². The van der Waals surface area contributed by atoms with E-state index in [1.165, 1.54) is 6.92 Å². The van der Waals surface area contributed by atoms with Crippen LogP contribution in [0.3, 0.4) is 0 Å². The van der Waals surface area contributed by atoms with Crippen molar-refractivity contribution in [3.8, 4) is 0 Å². The standard InChI is InChI=1S/C22H35NO11/c1-7-9-18(28)23(6)10-8-11-29-22-21(33-16(5)27)20(32-15(4)26)19(31-14(3)25)17(34-22)12-30-13(2)24/h17,19-22H,7-12H2,1-6H3/t17-,19-,20+,21-,22-/m1/s1. The first kappa shape index (κ1) is 29.3. The van der Waals surface area contributed by atoms with Crippen molar-refractivity contribution in [3.05, 3.63) is 0 Å². The van der Waals surface area contributed by atoms with Gasteiger partial charge in [0.25, 0.3) is 0 Å².